The van der Waals surface area contributed by atoms with Gasteiger partial charge in [-0.15, -0.1) is 0 Å². The van der Waals surface area contributed by atoms with Gasteiger partial charge < -0.3 is 0 Å². The summed E-state index contributed by atoms with van der Waals surface area (Å²) in [5.74, 6) is 0. The predicted octanol–water partition coefficient (Wildman–Crippen LogP) is 7.45. The summed E-state index contributed by atoms with van der Waals surface area (Å²) in [5, 5.41) is 0. The maximum atomic E-state index is 2.18. The Morgan fingerprint density at radius 2 is 0.346 bits per heavy atom. The zero-order valence-corrected chi connectivity index (χ0v) is 15.3. The van der Waals surface area contributed by atoms with Crippen LogP contribution in [0.25, 0.3) is 0 Å². The van der Waals surface area contributed by atoms with E-state index in [0.717, 1.165) is 12.8 Å². The van der Waals surface area contributed by atoms with Gasteiger partial charge in [-0.2, -0.15) is 0 Å². The highest BCUT2D eigenvalue weighted by Crippen LogP contribution is 1.94. The highest BCUT2D eigenvalue weighted by molar-refractivity contribution is 5.23. The summed E-state index contributed by atoms with van der Waals surface area (Å²) in [4.78, 5) is 0. The molecule has 0 amide bonds. The maximum Gasteiger partial charge on any atom is -0.0313 e. The standard InChI is InChI=1S/C26H28/c1-2-4-6-8-10-12-14-16-18-20-22-24-26-25-23-21-19-17-15-13-11-9-7-5-3-1/h1-24H,25-26H2. The van der Waals surface area contributed by atoms with E-state index in [1.54, 1.807) is 0 Å². The van der Waals surface area contributed by atoms with Gasteiger partial charge >= 0.3 is 0 Å². The molecule has 0 atom stereocenters. The van der Waals surface area contributed by atoms with Gasteiger partial charge in [0.2, 0.25) is 0 Å². The van der Waals surface area contributed by atoms with E-state index in [2.05, 4.69) is 36.5 Å². The van der Waals surface area contributed by atoms with E-state index in [0.29, 0.717) is 0 Å². The Kier molecular flexibility index (Phi) is 14.7. The van der Waals surface area contributed by atoms with Crippen LogP contribution in [0, 0.1) is 0 Å². The summed E-state index contributed by atoms with van der Waals surface area (Å²) in [6, 6.07) is 0. The zero-order valence-electron chi connectivity index (χ0n) is 15.3. The average Bonchev–Trinajstić information content (AvgIpc) is 2.65. The first-order valence-electron chi connectivity index (χ1n) is 8.98. The van der Waals surface area contributed by atoms with E-state index in [4.69, 9.17) is 0 Å². The Bertz CT molecular complexity index is 628. The molecule has 0 unspecified atom stereocenters. The van der Waals surface area contributed by atoms with Crippen LogP contribution in [0.3, 0.4) is 0 Å². The lowest BCUT2D eigenvalue weighted by molar-refractivity contribution is 1.05. The van der Waals surface area contributed by atoms with E-state index >= 15 is 0 Å². The molecule has 0 fully saturated rings. The van der Waals surface area contributed by atoms with Gasteiger partial charge in [-0.05, 0) is 12.8 Å². The van der Waals surface area contributed by atoms with Crippen molar-refractivity contribution in [2.75, 3.05) is 0 Å². The van der Waals surface area contributed by atoms with Crippen LogP contribution in [0.4, 0.5) is 0 Å². The Balaban J connectivity index is 2.61. The minimum absolute atomic E-state index is 1.05. The van der Waals surface area contributed by atoms with Gasteiger partial charge in [0.05, 0.1) is 0 Å². The zero-order chi connectivity index (χ0) is 18.4. The molecule has 1 rings (SSSR count). The molecule has 0 spiro atoms. The molecule has 0 nitrogen and oxygen atoms in total. The quantitative estimate of drug-likeness (QED) is 0.429. The number of rotatable bonds is 0. The third kappa shape index (κ3) is 15.8. The minimum atomic E-state index is 1.05. The van der Waals surface area contributed by atoms with Crippen molar-refractivity contribution < 1.29 is 0 Å². The summed E-state index contributed by atoms with van der Waals surface area (Å²) < 4.78 is 0. The average molecular weight is 341 g/mol. The van der Waals surface area contributed by atoms with Gasteiger partial charge in [0.15, 0.2) is 0 Å². The first-order chi connectivity index (χ1) is 13.0. The lowest BCUT2D eigenvalue weighted by Gasteiger charge is -1.84. The summed E-state index contributed by atoms with van der Waals surface area (Å²) >= 11 is 0. The molecule has 0 saturated heterocycles. The van der Waals surface area contributed by atoms with E-state index in [1.165, 1.54) is 0 Å². The molecule has 0 heteroatoms. The molecule has 0 radical (unpaired) electrons. The summed E-state index contributed by atoms with van der Waals surface area (Å²) in [7, 11) is 0. The highest BCUT2D eigenvalue weighted by atomic mass is 13.8. The fraction of sp³-hybridized carbons (Fsp3) is 0.0769. The van der Waals surface area contributed by atoms with Crippen LogP contribution in [0.2, 0.25) is 0 Å². The van der Waals surface area contributed by atoms with Crippen molar-refractivity contribution in [2.24, 2.45) is 0 Å². The fourth-order valence-corrected chi connectivity index (χ4v) is 1.83. The van der Waals surface area contributed by atoms with Gasteiger partial charge in [0.1, 0.15) is 0 Å². The van der Waals surface area contributed by atoms with Crippen molar-refractivity contribution in [2.45, 2.75) is 12.8 Å². The van der Waals surface area contributed by atoms with E-state index in [9.17, 15) is 0 Å². The van der Waals surface area contributed by atoms with Gasteiger partial charge in [-0.1, -0.05) is 146 Å². The summed E-state index contributed by atoms with van der Waals surface area (Å²) in [6.07, 6.45) is 51.0. The van der Waals surface area contributed by atoms with Crippen LogP contribution in [-0.4, -0.2) is 0 Å². The van der Waals surface area contributed by atoms with Crippen LogP contribution < -0.4 is 0 Å². The Labute approximate surface area is 159 Å². The highest BCUT2D eigenvalue weighted by Gasteiger charge is 1.74. The molecule has 0 saturated carbocycles. The fourth-order valence-electron chi connectivity index (χ4n) is 1.83. The van der Waals surface area contributed by atoms with Crippen molar-refractivity contribution in [3.63, 3.8) is 0 Å². The molecular weight excluding hydrogens is 312 g/mol. The van der Waals surface area contributed by atoms with Crippen LogP contribution in [0.1, 0.15) is 12.8 Å². The molecule has 0 N–H and O–H groups in total. The maximum absolute atomic E-state index is 2.18. The normalized spacial score (nSPS) is 16.6. The topological polar surface area (TPSA) is 0 Å². The second-order valence-electron chi connectivity index (χ2n) is 5.28. The predicted molar refractivity (Wildman–Crippen MR) is 119 cm³/mol. The molecule has 0 aromatic carbocycles. The first kappa shape index (κ1) is 20.9. The van der Waals surface area contributed by atoms with Gasteiger partial charge in [0, 0.05) is 0 Å². The van der Waals surface area contributed by atoms with Crippen molar-refractivity contribution in [3.05, 3.63) is 146 Å². The van der Waals surface area contributed by atoms with Crippen LogP contribution >= 0.6 is 0 Å². The van der Waals surface area contributed by atoms with E-state index in [-0.39, 0.29) is 0 Å². The van der Waals surface area contributed by atoms with Crippen molar-refractivity contribution in [3.8, 4) is 0 Å². The van der Waals surface area contributed by atoms with E-state index < -0.39 is 0 Å². The van der Waals surface area contributed by atoms with Gasteiger partial charge in [-0.25, -0.2) is 0 Å². The largest absolute Gasteiger partial charge is 0.0842 e. The second-order valence-corrected chi connectivity index (χ2v) is 5.28. The lowest BCUT2D eigenvalue weighted by Crippen LogP contribution is -1.63. The molecule has 1 aliphatic carbocycles. The molecule has 0 heterocycles. The molecule has 0 aromatic heterocycles. The molecule has 132 valence electrons. The molecule has 26 heavy (non-hydrogen) atoms. The molecule has 0 aromatic rings. The van der Waals surface area contributed by atoms with Crippen molar-refractivity contribution in [1.29, 1.82) is 0 Å². The molecule has 0 bridgehead atoms. The number of allylic oxidation sites excluding steroid dienone is 24. The number of hydrogen-bond donors (Lipinski definition) is 0. The smallest absolute Gasteiger partial charge is 0.0313 e. The summed E-state index contributed by atoms with van der Waals surface area (Å²) in [5.41, 5.74) is 0. The van der Waals surface area contributed by atoms with Gasteiger partial charge in [-0.3, -0.25) is 0 Å². The monoisotopic (exact) mass is 340 g/mol. The number of hydrogen-bond acceptors (Lipinski definition) is 0. The first-order valence-corrected chi connectivity index (χ1v) is 8.98. The molecular formula is C26H28. The second kappa shape index (κ2) is 18.2. The minimum Gasteiger partial charge on any atom is -0.0842 e. The Hall–Kier alpha value is -3.12. The van der Waals surface area contributed by atoms with Crippen LogP contribution in [-0.2, 0) is 0 Å². The van der Waals surface area contributed by atoms with Gasteiger partial charge in [0.25, 0.3) is 0 Å². The van der Waals surface area contributed by atoms with Crippen LogP contribution in [0.5, 0.6) is 0 Å². The Morgan fingerprint density at radius 3 is 0.538 bits per heavy atom. The van der Waals surface area contributed by atoms with E-state index in [1.807, 2.05) is 109 Å². The summed E-state index contributed by atoms with van der Waals surface area (Å²) in [6.45, 7) is 0. The molecule has 0 aliphatic heterocycles. The van der Waals surface area contributed by atoms with Crippen molar-refractivity contribution >= 4 is 0 Å². The Morgan fingerprint density at radius 1 is 0.192 bits per heavy atom. The lowest BCUT2D eigenvalue weighted by atomic mass is 10.2. The van der Waals surface area contributed by atoms with Crippen LogP contribution in [0.15, 0.2) is 146 Å². The third-order valence-electron chi connectivity index (χ3n) is 3.11. The molecule has 1 aliphatic rings. The van der Waals surface area contributed by atoms with Crippen molar-refractivity contribution in [1.82, 2.24) is 0 Å². The SMILES string of the molecule is C1=CC=CC=CC=CC=CC=CCCC=CC=CC=CC=CC=CC=C1. The third-order valence-corrected chi connectivity index (χ3v) is 3.11.